The first kappa shape index (κ1) is 24.2. The fourth-order valence-electron chi connectivity index (χ4n) is 2.06. The standard InChI is InChI=1S/C19H31N3O3.ClH/c1-13(2)17(20)18(24)22-12-16(23)21-10-11-25-15-8-6-14(7-9-15)19(3,4)5;/h6-9,13,17H,10-12,20H2,1-5H3,(H,21,23)(H,22,24);1H/t17-;/m0./s1. The first-order valence-electron chi connectivity index (χ1n) is 8.64. The van der Waals surface area contributed by atoms with Crippen molar-refractivity contribution in [3.05, 3.63) is 29.8 Å². The van der Waals surface area contributed by atoms with Crippen LogP contribution in [0.4, 0.5) is 0 Å². The van der Waals surface area contributed by atoms with E-state index in [9.17, 15) is 9.59 Å². The first-order chi connectivity index (χ1) is 11.6. The lowest BCUT2D eigenvalue weighted by molar-refractivity contribution is -0.127. The van der Waals surface area contributed by atoms with E-state index in [-0.39, 0.29) is 42.1 Å². The smallest absolute Gasteiger partial charge is 0.239 e. The van der Waals surface area contributed by atoms with E-state index in [0.29, 0.717) is 13.2 Å². The lowest BCUT2D eigenvalue weighted by atomic mass is 9.87. The summed E-state index contributed by atoms with van der Waals surface area (Å²) >= 11 is 0. The Labute approximate surface area is 162 Å². The number of hydrogen-bond acceptors (Lipinski definition) is 4. The molecule has 6 nitrogen and oxygen atoms in total. The first-order valence-corrected chi connectivity index (χ1v) is 8.64. The third-order valence-corrected chi connectivity index (χ3v) is 3.86. The van der Waals surface area contributed by atoms with E-state index in [0.717, 1.165) is 5.75 Å². The fourth-order valence-corrected chi connectivity index (χ4v) is 2.06. The number of amides is 2. The molecule has 7 heteroatoms. The minimum atomic E-state index is -0.604. The van der Waals surface area contributed by atoms with Crippen molar-refractivity contribution in [1.29, 1.82) is 0 Å². The molecule has 1 atom stereocenters. The lowest BCUT2D eigenvalue weighted by Gasteiger charge is -2.19. The molecule has 0 spiro atoms. The van der Waals surface area contributed by atoms with Gasteiger partial charge in [0.25, 0.3) is 0 Å². The lowest BCUT2D eigenvalue weighted by Crippen LogP contribution is -2.47. The van der Waals surface area contributed by atoms with Crippen LogP contribution < -0.4 is 21.1 Å². The number of nitrogens with one attached hydrogen (secondary N) is 2. The van der Waals surface area contributed by atoms with E-state index >= 15 is 0 Å². The Morgan fingerprint density at radius 2 is 1.69 bits per heavy atom. The highest BCUT2D eigenvalue weighted by molar-refractivity contribution is 5.87. The van der Waals surface area contributed by atoms with Gasteiger partial charge in [-0.25, -0.2) is 0 Å². The van der Waals surface area contributed by atoms with Gasteiger partial charge in [-0.15, -0.1) is 12.4 Å². The highest BCUT2D eigenvalue weighted by atomic mass is 35.5. The Bertz CT molecular complexity index is 568. The summed E-state index contributed by atoms with van der Waals surface area (Å²) in [4.78, 5) is 23.3. The molecule has 0 unspecified atom stereocenters. The predicted octanol–water partition coefficient (Wildman–Crippen LogP) is 2.00. The largest absolute Gasteiger partial charge is 0.492 e. The minimum absolute atomic E-state index is 0. The summed E-state index contributed by atoms with van der Waals surface area (Å²) in [7, 11) is 0. The van der Waals surface area contributed by atoms with Crippen molar-refractivity contribution < 1.29 is 14.3 Å². The van der Waals surface area contributed by atoms with Crippen LogP contribution >= 0.6 is 12.4 Å². The van der Waals surface area contributed by atoms with Gasteiger partial charge in [-0.2, -0.15) is 0 Å². The number of nitrogens with two attached hydrogens (primary N) is 1. The van der Waals surface area contributed by atoms with Gasteiger partial charge in [-0.05, 0) is 29.0 Å². The maximum absolute atomic E-state index is 11.7. The van der Waals surface area contributed by atoms with E-state index in [1.54, 1.807) is 0 Å². The molecule has 0 aromatic heterocycles. The molecule has 26 heavy (non-hydrogen) atoms. The maximum atomic E-state index is 11.7. The second kappa shape index (κ2) is 11.0. The van der Waals surface area contributed by atoms with Crippen LogP contribution in [-0.4, -0.2) is 37.6 Å². The van der Waals surface area contributed by atoms with Gasteiger partial charge in [0.15, 0.2) is 0 Å². The molecule has 0 aliphatic rings. The molecule has 0 saturated heterocycles. The van der Waals surface area contributed by atoms with Crippen molar-refractivity contribution in [3.8, 4) is 5.75 Å². The monoisotopic (exact) mass is 385 g/mol. The Kier molecular flexibility index (Phi) is 10.3. The number of rotatable bonds is 8. The summed E-state index contributed by atoms with van der Waals surface area (Å²) in [6, 6.07) is 7.33. The molecule has 0 heterocycles. The van der Waals surface area contributed by atoms with Crippen LogP contribution in [0.1, 0.15) is 40.2 Å². The Morgan fingerprint density at radius 3 is 2.19 bits per heavy atom. The van der Waals surface area contributed by atoms with Crippen LogP contribution in [0.5, 0.6) is 5.75 Å². The molecule has 1 aromatic rings. The van der Waals surface area contributed by atoms with Crippen molar-refractivity contribution in [1.82, 2.24) is 10.6 Å². The Balaban J connectivity index is 0.00000625. The van der Waals surface area contributed by atoms with E-state index in [2.05, 4.69) is 31.4 Å². The molecular formula is C19H32ClN3O3. The second-order valence-corrected chi connectivity index (χ2v) is 7.46. The number of halogens is 1. The van der Waals surface area contributed by atoms with Crippen LogP contribution in [0.2, 0.25) is 0 Å². The average Bonchev–Trinajstić information content (AvgIpc) is 2.55. The molecule has 0 radical (unpaired) electrons. The summed E-state index contributed by atoms with van der Waals surface area (Å²) in [6.45, 7) is 10.8. The molecule has 0 aliphatic heterocycles. The second-order valence-electron chi connectivity index (χ2n) is 7.46. The highest BCUT2D eigenvalue weighted by Crippen LogP contribution is 2.24. The Morgan fingerprint density at radius 1 is 1.12 bits per heavy atom. The van der Waals surface area contributed by atoms with Crippen LogP contribution in [0.3, 0.4) is 0 Å². The number of carbonyl (C=O) groups is 2. The number of ether oxygens (including phenoxy) is 1. The summed E-state index contributed by atoms with van der Waals surface area (Å²) in [5.74, 6) is 0.205. The summed E-state index contributed by atoms with van der Waals surface area (Å²) in [6.07, 6.45) is 0. The highest BCUT2D eigenvalue weighted by Gasteiger charge is 2.17. The molecule has 4 N–H and O–H groups in total. The van der Waals surface area contributed by atoms with Crippen LogP contribution in [0, 0.1) is 5.92 Å². The number of benzene rings is 1. The maximum Gasteiger partial charge on any atom is 0.239 e. The third kappa shape index (κ3) is 8.54. The Hall–Kier alpha value is -1.79. The minimum Gasteiger partial charge on any atom is -0.492 e. The van der Waals surface area contributed by atoms with Crippen molar-refractivity contribution in [3.63, 3.8) is 0 Å². The van der Waals surface area contributed by atoms with Crippen LogP contribution in [0.25, 0.3) is 0 Å². The SMILES string of the molecule is CC(C)[C@H](N)C(=O)NCC(=O)NCCOc1ccc(C(C)(C)C)cc1.Cl. The predicted molar refractivity (Wildman–Crippen MR) is 107 cm³/mol. The van der Waals surface area contributed by atoms with Crippen LogP contribution in [-0.2, 0) is 15.0 Å². The average molecular weight is 386 g/mol. The summed E-state index contributed by atoms with van der Waals surface area (Å²) < 4.78 is 5.60. The van der Waals surface area contributed by atoms with Crippen molar-refractivity contribution in [2.24, 2.45) is 11.7 Å². The van der Waals surface area contributed by atoms with Crippen LogP contribution in [0.15, 0.2) is 24.3 Å². The normalized spacial score (nSPS) is 12.1. The van der Waals surface area contributed by atoms with Crippen molar-refractivity contribution >= 4 is 24.2 Å². The van der Waals surface area contributed by atoms with Gasteiger partial charge in [0, 0.05) is 0 Å². The van der Waals surface area contributed by atoms with Crippen molar-refractivity contribution in [2.45, 2.75) is 46.1 Å². The molecule has 2 amide bonds. The molecule has 0 bridgehead atoms. The zero-order valence-electron chi connectivity index (χ0n) is 16.3. The van der Waals surface area contributed by atoms with Gasteiger partial charge in [0.2, 0.25) is 11.8 Å². The van der Waals surface area contributed by atoms with Crippen molar-refractivity contribution in [2.75, 3.05) is 19.7 Å². The molecular weight excluding hydrogens is 354 g/mol. The zero-order chi connectivity index (χ0) is 19.0. The van der Waals surface area contributed by atoms with E-state index in [1.165, 1.54) is 5.56 Å². The van der Waals surface area contributed by atoms with Gasteiger partial charge in [-0.3, -0.25) is 9.59 Å². The molecule has 0 aliphatic carbocycles. The molecule has 1 aromatic carbocycles. The van der Waals surface area contributed by atoms with Gasteiger partial charge in [-0.1, -0.05) is 46.8 Å². The van der Waals surface area contributed by atoms with Gasteiger partial charge in [0.1, 0.15) is 12.4 Å². The fraction of sp³-hybridized carbons (Fsp3) is 0.579. The number of hydrogen-bond donors (Lipinski definition) is 3. The molecule has 148 valence electrons. The topological polar surface area (TPSA) is 93.5 Å². The van der Waals surface area contributed by atoms with E-state index < -0.39 is 6.04 Å². The summed E-state index contributed by atoms with van der Waals surface area (Å²) in [5.41, 5.74) is 7.05. The third-order valence-electron chi connectivity index (χ3n) is 3.86. The zero-order valence-corrected chi connectivity index (χ0v) is 17.1. The van der Waals surface area contributed by atoms with Gasteiger partial charge >= 0.3 is 0 Å². The van der Waals surface area contributed by atoms with Gasteiger partial charge in [0.05, 0.1) is 19.1 Å². The summed E-state index contributed by atoms with van der Waals surface area (Å²) in [5, 5.41) is 5.22. The quantitative estimate of drug-likeness (QED) is 0.596. The molecule has 0 fully saturated rings. The van der Waals surface area contributed by atoms with E-state index in [4.69, 9.17) is 10.5 Å². The number of carbonyl (C=O) groups excluding carboxylic acids is 2. The molecule has 0 saturated carbocycles. The molecule has 1 rings (SSSR count). The van der Waals surface area contributed by atoms with E-state index in [1.807, 2.05) is 38.1 Å². The van der Waals surface area contributed by atoms with Gasteiger partial charge < -0.3 is 21.1 Å².